The number of hydrogen-bond acceptors (Lipinski definition) is 2. The number of Topliss-reactive ketones (excluding diaryl/α,β-unsaturated/α-hetero) is 1. The van der Waals surface area contributed by atoms with Crippen molar-refractivity contribution in [1.82, 2.24) is 5.32 Å². The molecule has 0 spiro atoms. The molecular formula is C10H17NO. The summed E-state index contributed by atoms with van der Waals surface area (Å²) in [5, 5.41) is 2.97. The fourth-order valence-corrected chi connectivity index (χ4v) is 0.753. The fourth-order valence-electron chi connectivity index (χ4n) is 0.753. The number of nitrogens with one attached hydrogen (secondary N) is 1. The van der Waals surface area contributed by atoms with E-state index in [1.807, 2.05) is 20.8 Å². The molecule has 0 saturated heterocycles. The SMILES string of the molecule is C=C(C)NCC(=C)C(=O)C(C)C. The quantitative estimate of drug-likeness (QED) is 0.633. The first kappa shape index (κ1) is 11.0. The van der Waals surface area contributed by atoms with E-state index in [1.165, 1.54) is 0 Å². The van der Waals surface area contributed by atoms with Crippen LogP contribution in [0.1, 0.15) is 20.8 Å². The topological polar surface area (TPSA) is 29.1 Å². The summed E-state index contributed by atoms with van der Waals surface area (Å²) in [5.41, 5.74) is 1.47. The lowest BCUT2D eigenvalue weighted by atomic mass is 10.0. The molecule has 0 aromatic rings. The molecule has 0 amide bonds. The van der Waals surface area contributed by atoms with Crippen molar-refractivity contribution < 1.29 is 4.79 Å². The van der Waals surface area contributed by atoms with Gasteiger partial charge in [-0.1, -0.05) is 27.0 Å². The molecule has 1 N–H and O–H groups in total. The van der Waals surface area contributed by atoms with Gasteiger partial charge in [-0.05, 0) is 6.92 Å². The van der Waals surface area contributed by atoms with Crippen LogP contribution in [0.5, 0.6) is 0 Å². The van der Waals surface area contributed by atoms with Crippen molar-refractivity contribution >= 4 is 5.78 Å². The number of allylic oxidation sites excluding steroid dienone is 1. The minimum atomic E-state index is 0.0319. The molecule has 2 heteroatoms. The van der Waals surface area contributed by atoms with E-state index in [0.29, 0.717) is 12.1 Å². The molecule has 0 aliphatic carbocycles. The first-order valence-corrected chi connectivity index (χ1v) is 4.06. The molecule has 12 heavy (non-hydrogen) atoms. The Bertz CT molecular complexity index is 204. The second-order valence-corrected chi connectivity index (χ2v) is 3.26. The van der Waals surface area contributed by atoms with Gasteiger partial charge >= 0.3 is 0 Å². The van der Waals surface area contributed by atoms with Gasteiger partial charge in [-0.3, -0.25) is 4.79 Å². The van der Waals surface area contributed by atoms with Crippen LogP contribution in [0.2, 0.25) is 0 Å². The largest absolute Gasteiger partial charge is 0.385 e. The van der Waals surface area contributed by atoms with Gasteiger partial charge in [0.15, 0.2) is 5.78 Å². The van der Waals surface area contributed by atoms with Crippen LogP contribution in [0.4, 0.5) is 0 Å². The first-order chi connectivity index (χ1) is 5.45. The highest BCUT2D eigenvalue weighted by molar-refractivity contribution is 5.96. The van der Waals surface area contributed by atoms with E-state index in [-0.39, 0.29) is 11.7 Å². The third kappa shape index (κ3) is 3.96. The van der Waals surface area contributed by atoms with Gasteiger partial charge in [0.05, 0.1) is 0 Å². The van der Waals surface area contributed by atoms with Gasteiger partial charge < -0.3 is 5.32 Å². The molecule has 0 saturated carbocycles. The summed E-state index contributed by atoms with van der Waals surface area (Å²) < 4.78 is 0. The average molecular weight is 167 g/mol. The molecule has 0 unspecified atom stereocenters. The van der Waals surface area contributed by atoms with Gasteiger partial charge in [0.1, 0.15) is 0 Å². The van der Waals surface area contributed by atoms with E-state index in [9.17, 15) is 4.79 Å². The lowest BCUT2D eigenvalue weighted by Gasteiger charge is -2.09. The molecular weight excluding hydrogens is 150 g/mol. The summed E-state index contributed by atoms with van der Waals surface area (Å²) in [7, 11) is 0. The first-order valence-electron chi connectivity index (χ1n) is 4.06. The molecule has 2 nitrogen and oxygen atoms in total. The Morgan fingerprint density at radius 1 is 1.42 bits per heavy atom. The highest BCUT2D eigenvalue weighted by Crippen LogP contribution is 2.02. The van der Waals surface area contributed by atoms with Crippen molar-refractivity contribution in [1.29, 1.82) is 0 Å². The summed E-state index contributed by atoms with van der Waals surface area (Å²) in [6.45, 7) is 13.5. The van der Waals surface area contributed by atoms with Crippen LogP contribution in [-0.4, -0.2) is 12.3 Å². The van der Waals surface area contributed by atoms with E-state index in [4.69, 9.17) is 0 Å². The van der Waals surface area contributed by atoms with E-state index in [1.54, 1.807) is 0 Å². The van der Waals surface area contributed by atoms with Gasteiger partial charge in [0.25, 0.3) is 0 Å². The van der Waals surface area contributed by atoms with Crippen LogP contribution >= 0.6 is 0 Å². The van der Waals surface area contributed by atoms with Crippen LogP contribution in [0, 0.1) is 5.92 Å². The summed E-state index contributed by atoms with van der Waals surface area (Å²) in [5.74, 6) is 0.146. The van der Waals surface area contributed by atoms with Crippen LogP contribution in [0.25, 0.3) is 0 Å². The normalized spacial score (nSPS) is 9.67. The minimum absolute atomic E-state index is 0.0319. The Balaban J connectivity index is 3.89. The zero-order valence-corrected chi connectivity index (χ0v) is 8.11. The minimum Gasteiger partial charge on any atom is -0.385 e. The molecule has 0 bridgehead atoms. The van der Waals surface area contributed by atoms with Crippen molar-refractivity contribution in [2.45, 2.75) is 20.8 Å². The number of carbonyl (C=O) groups excluding carboxylic acids is 1. The average Bonchev–Trinajstić information content (AvgIpc) is 1.98. The highest BCUT2D eigenvalue weighted by Gasteiger charge is 2.10. The molecule has 0 aromatic heterocycles. The van der Waals surface area contributed by atoms with Crippen molar-refractivity contribution in [3.63, 3.8) is 0 Å². The van der Waals surface area contributed by atoms with Crippen LogP contribution in [0.3, 0.4) is 0 Å². The zero-order valence-electron chi connectivity index (χ0n) is 8.11. The standard InChI is InChI=1S/C10H17NO/c1-7(2)10(12)9(5)6-11-8(3)4/h7,11H,3,5-6H2,1-2,4H3. The van der Waals surface area contributed by atoms with Crippen molar-refractivity contribution in [2.24, 2.45) is 5.92 Å². The van der Waals surface area contributed by atoms with Gasteiger partial charge in [0.2, 0.25) is 0 Å². The van der Waals surface area contributed by atoms with Gasteiger partial charge in [-0.25, -0.2) is 0 Å². The molecule has 0 radical (unpaired) electrons. The van der Waals surface area contributed by atoms with Crippen molar-refractivity contribution in [2.75, 3.05) is 6.54 Å². The summed E-state index contributed by atoms with van der Waals surface area (Å²) in [6, 6.07) is 0. The molecule has 0 aliphatic heterocycles. The number of hydrogen-bond donors (Lipinski definition) is 1. The smallest absolute Gasteiger partial charge is 0.162 e. The lowest BCUT2D eigenvalue weighted by molar-refractivity contribution is -0.118. The van der Waals surface area contributed by atoms with E-state index in [0.717, 1.165) is 5.70 Å². The predicted octanol–water partition coefficient (Wildman–Crippen LogP) is 1.89. The van der Waals surface area contributed by atoms with Crippen LogP contribution in [0.15, 0.2) is 24.4 Å². The van der Waals surface area contributed by atoms with Gasteiger partial charge in [-0.2, -0.15) is 0 Å². The Kier molecular flexibility index (Phi) is 4.34. The van der Waals surface area contributed by atoms with E-state index >= 15 is 0 Å². The summed E-state index contributed by atoms with van der Waals surface area (Å²) >= 11 is 0. The van der Waals surface area contributed by atoms with E-state index < -0.39 is 0 Å². The molecule has 68 valence electrons. The molecule has 0 heterocycles. The van der Waals surface area contributed by atoms with Crippen LogP contribution in [-0.2, 0) is 4.79 Å². The number of carbonyl (C=O) groups is 1. The van der Waals surface area contributed by atoms with Crippen molar-refractivity contribution in [3.8, 4) is 0 Å². The third-order valence-electron chi connectivity index (χ3n) is 1.48. The maximum atomic E-state index is 11.3. The summed E-state index contributed by atoms with van der Waals surface area (Å²) in [4.78, 5) is 11.3. The molecule has 0 atom stereocenters. The predicted molar refractivity (Wildman–Crippen MR) is 51.8 cm³/mol. The molecule has 0 rings (SSSR count). The zero-order chi connectivity index (χ0) is 9.72. The number of rotatable bonds is 5. The second-order valence-electron chi connectivity index (χ2n) is 3.26. The highest BCUT2D eigenvalue weighted by atomic mass is 16.1. The Morgan fingerprint density at radius 2 is 1.92 bits per heavy atom. The number of ketones is 1. The molecule has 0 aromatic carbocycles. The molecule has 0 fully saturated rings. The third-order valence-corrected chi connectivity index (χ3v) is 1.48. The maximum absolute atomic E-state index is 11.3. The summed E-state index contributed by atoms with van der Waals surface area (Å²) in [6.07, 6.45) is 0. The second kappa shape index (κ2) is 4.75. The monoisotopic (exact) mass is 167 g/mol. The van der Waals surface area contributed by atoms with Crippen LogP contribution < -0.4 is 5.32 Å². The fraction of sp³-hybridized carbons (Fsp3) is 0.500. The van der Waals surface area contributed by atoms with Gasteiger partial charge in [0, 0.05) is 23.7 Å². The van der Waals surface area contributed by atoms with Gasteiger partial charge in [-0.15, -0.1) is 0 Å². The Morgan fingerprint density at radius 3 is 2.25 bits per heavy atom. The van der Waals surface area contributed by atoms with E-state index in [2.05, 4.69) is 18.5 Å². The molecule has 0 aliphatic rings. The maximum Gasteiger partial charge on any atom is 0.162 e. The Labute approximate surface area is 74.4 Å². The lowest BCUT2D eigenvalue weighted by Crippen LogP contribution is -2.21. The Hall–Kier alpha value is -1.05. The van der Waals surface area contributed by atoms with Crippen molar-refractivity contribution in [3.05, 3.63) is 24.4 Å².